The van der Waals surface area contributed by atoms with Crippen molar-refractivity contribution in [2.24, 2.45) is 4.99 Å². The van der Waals surface area contributed by atoms with E-state index >= 15 is 0 Å². The Hall–Kier alpha value is -2.09. The first-order valence-corrected chi connectivity index (χ1v) is 8.58. The van der Waals surface area contributed by atoms with E-state index in [1.54, 1.807) is 7.05 Å². The number of halogens is 1. The topological polar surface area (TPSA) is 65.5 Å². The Morgan fingerprint density at radius 2 is 1.62 bits per heavy atom. The van der Waals surface area contributed by atoms with Gasteiger partial charge in [0.1, 0.15) is 0 Å². The van der Waals surface area contributed by atoms with E-state index in [0.29, 0.717) is 19.5 Å². The average Bonchev–Trinajstić information content (AvgIpc) is 2.63. The Kier molecular flexibility index (Phi) is 10.4. The molecule has 0 aliphatic carbocycles. The Morgan fingerprint density at radius 1 is 0.962 bits per heavy atom. The van der Waals surface area contributed by atoms with Crippen molar-refractivity contribution in [2.75, 3.05) is 12.4 Å². The van der Waals surface area contributed by atoms with Crippen molar-refractivity contribution in [3.63, 3.8) is 0 Å². The van der Waals surface area contributed by atoms with Crippen LogP contribution in [0.15, 0.2) is 59.6 Å². The molecule has 26 heavy (non-hydrogen) atoms. The minimum absolute atomic E-state index is 0. The third-order valence-corrected chi connectivity index (χ3v) is 3.67. The van der Waals surface area contributed by atoms with Crippen molar-refractivity contribution in [2.45, 2.75) is 32.9 Å². The molecule has 0 unspecified atom stereocenters. The number of carbonyl (C=O) groups excluding carboxylic acids is 1. The molecule has 0 aliphatic heterocycles. The van der Waals surface area contributed by atoms with E-state index in [0.717, 1.165) is 23.6 Å². The zero-order valence-corrected chi connectivity index (χ0v) is 17.6. The normalized spacial score (nSPS) is 10.6. The highest BCUT2D eigenvalue weighted by molar-refractivity contribution is 14.0. The van der Waals surface area contributed by atoms with Gasteiger partial charge in [-0.15, -0.1) is 24.0 Å². The summed E-state index contributed by atoms with van der Waals surface area (Å²) in [5.41, 5.74) is 3.10. The van der Waals surface area contributed by atoms with E-state index in [-0.39, 0.29) is 29.9 Å². The van der Waals surface area contributed by atoms with Crippen LogP contribution >= 0.6 is 24.0 Å². The van der Waals surface area contributed by atoms with Crippen LogP contribution in [-0.4, -0.2) is 18.9 Å². The van der Waals surface area contributed by atoms with E-state index < -0.39 is 0 Å². The zero-order chi connectivity index (χ0) is 17.9. The first-order chi connectivity index (χ1) is 12.2. The number of aliphatic imine (C=N–C) groups is 1. The molecule has 0 saturated heterocycles. The summed E-state index contributed by atoms with van der Waals surface area (Å²) >= 11 is 0. The highest BCUT2D eigenvalue weighted by atomic mass is 127. The molecule has 5 nitrogen and oxygen atoms in total. The summed E-state index contributed by atoms with van der Waals surface area (Å²) in [5.74, 6) is 0.789. The van der Waals surface area contributed by atoms with Gasteiger partial charge in [0.2, 0.25) is 5.91 Å². The number of benzene rings is 2. The van der Waals surface area contributed by atoms with Gasteiger partial charge in [0.25, 0.3) is 0 Å². The third-order valence-electron chi connectivity index (χ3n) is 3.67. The Morgan fingerprint density at radius 3 is 2.27 bits per heavy atom. The van der Waals surface area contributed by atoms with Gasteiger partial charge in [0, 0.05) is 32.2 Å². The Balaban J connectivity index is 0.00000338. The molecule has 1 amide bonds. The van der Waals surface area contributed by atoms with Gasteiger partial charge in [-0.25, -0.2) is 0 Å². The van der Waals surface area contributed by atoms with Crippen LogP contribution in [0.1, 0.15) is 30.9 Å². The van der Waals surface area contributed by atoms with E-state index in [1.165, 1.54) is 5.56 Å². The maximum atomic E-state index is 11.7. The molecular weight excluding hydrogens is 439 g/mol. The highest BCUT2D eigenvalue weighted by Gasteiger charge is 2.03. The molecule has 0 saturated carbocycles. The molecule has 2 rings (SSSR count). The van der Waals surface area contributed by atoms with Crippen LogP contribution in [0, 0.1) is 0 Å². The lowest BCUT2D eigenvalue weighted by Gasteiger charge is -2.13. The van der Waals surface area contributed by atoms with Gasteiger partial charge in [-0.05, 0) is 29.7 Å². The van der Waals surface area contributed by atoms with Gasteiger partial charge in [-0.2, -0.15) is 0 Å². The van der Waals surface area contributed by atoms with Crippen LogP contribution in [0.2, 0.25) is 0 Å². The van der Waals surface area contributed by atoms with Gasteiger partial charge in [0.05, 0.1) is 0 Å². The monoisotopic (exact) mass is 466 g/mol. The van der Waals surface area contributed by atoms with Gasteiger partial charge in [-0.3, -0.25) is 9.79 Å². The van der Waals surface area contributed by atoms with E-state index in [2.05, 4.69) is 33.1 Å². The summed E-state index contributed by atoms with van der Waals surface area (Å²) in [4.78, 5) is 15.9. The molecule has 0 atom stereocenters. The van der Waals surface area contributed by atoms with Crippen molar-refractivity contribution < 1.29 is 4.79 Å². The Labute approximate surface area is 172 Å². The number of nitrogens with one attached hydrogen (secondary N) is 3. The van der Waals surface area contributed by atoms with Gasteiger partial charge in [-0.1, -0.05) is 49.4 Å². The number of hydrogen-bond acceptors (Lipinski definition) is 2. The average molecular weight is 466 g/mol. The lowest BCUT2D eigenvalue weighted by molar-refractivity contribution is -0.116. The molecule has 3 N–H and O–H groups in total. The van der Waals surface area contributed by atoms with E-state index in [4.69, 9.17) is 0 Å². The number of anilines is 1. The van der Waals surface area contributed by atoms with Crippen LogP contribution in [0.4, 0.5) is 5.69 Å². The molecule has 0 spiro atoms. The molecule has 0 heterocycles. The summed E-state index contributed by atoms with van der Waals surface area (Å²) in [6.07, 6.45) is 1.38. The fourth-order valence-corrected chi connectivity index (χ4v) is 2.40. The lowest BCUT2D eigenvalue weighted by Crippen LogP contribution is -2.36. The van der Waals surface area contributed by atoms with Gasteiger partial charge >= 0.3 is 0 Å². The molecule has 6 heteroatoms. The van der Waals surface area contributed by atoms with Crippen molar-refractivity contribution in [3.8, 4) is 0 Å². The summed E-state index contributed by atoms with van der Waals surface area (Å²) in [5, 5.41) is 9.50. The van der Waals surface area contributed by atoms with Crippen molar-refractivity contribution in [1.82, 2.24) is 10.6 Å². The van der Waals surface area contributed by atoms with Gasteiger partial charge in [0.15, 0.2) is 5.96 Å². The second-order valence-electron chi connectivity index (χ2n) is 5.76. The van der Waals surface area contributed by atoms with Crippen LogP contribution in [-0.2, 0) is 17.9 Å². The fourth-order valence-electron chi connectivity index (χ4n) is 2.40. The third kappa shape index (κ3) is 7.86. The maximum absolute atomic E-state index is 11.7. The number of hydrogen-bond donors (Lipinski definition) is 3. The smallest absolute Gasteiger partial charge is 0.224 e. The summed E-state index contributed by atoms with van der Waals surface area (Å²) < 4.78 is 0. The molecular formula is C20H27IN4O. The van der Waals surface area contributed by atoms with Crippen LogP contribution in [0.5, 0.6) is 0 Å². The van der Waals surface area contributed by atoms with Gasteiger partial charge < -0.3 is 16.0 Å². The van der Waals surface area contributed by atoms with E-state index in [9.17, 15) is 4.79 Å². The highest BCUT2D eigenvalue weighted by Crippen LogP contribution is 2.11. The number of amides is 1. The van der Waals surface area contributed by atoms with Crippen LogP contribution < -0.4 is 16.0 Å². The number of carbonyl (C=O) groups is 1. The van der Waals surface area contributed by atoms with Crippen molar-refractivity contribution in [3.05, 3.63) is 65.7 Å². The number of rotatable bonds is 7. The number of guanidine groups is 1. The molecule has 2 aromatic rings. The quantitative estimate of drug-likeness (QED) is 0.330. The fraction of sp³-hybridized carbons (Fsp3) is 0.300. The molecule has 0 fully saturated rings. The maximum Gasteiger partial charge on any atom is 0.224 e. The molecule has 2 aromatic carbocycles. The first kappa shape index (κ1) is 22.0. The van der Waals surface area contributed by atoms with E-state index in [1.807, 2.05) is 49.4 Å². The summed E-state index contributed by atoms with van der Waals surface area (Å²) in [7, 11) is 1.75. The minimum atomic E-state index is 0. The standard InChI is InChI=1S/C20H26N4O.HI/c1-3-8-19(25)24-18-12-7-11-17(13-18)15-23-20(21-2)22-14-16-9-5-4-6-10-16;/h4-7,9-13H,3,8,14-15H2,1-2H3,(H,24,25)(H2,21,22,23);1H. The summed E-state index contributed by atoms with van der Waals surface area (Å²) in [6.45, 7) is 3.34. The minimum Gasteiger partial charge on any atom is -0.352 e. The van der Waals surface area contributed by atoms with Crippen molar-refractivity contribution in [1.29, 1.82) is 0 Å². The molecule has 0 bridgehead atoms. The SMILES string of the molecule is CCCC(=O)Nc1cccc(CNC(=NC)NCc2ccccc2)c1.I. The van der Waals surface area contributed by atoms with Crippen molar-refractivity contribution >= 4 is 41.5 Å². The second-order valence-corrected chi connectivity index (χ2v) is 5.76. The first-order valence-electron chi connectivity index (χ1n) is 8.58. The Bertz CT molecular complexity index is 704. The van der Waals surface area contributed by atoms with Crippen LogP contribution in [0.3, 0.4) is 0 Å². The molecule has 0 aromatic heterocycles. The predicted molar refractivity (Wildman–Crippen MR) is 119 cm³/mol. The van der Waals surface area contributed by atoms with Crippen LogP contribution in [0.25, 0.3) is 0 Å². The molecule has 0 aliphatic rings. The lowest BCUT2D eigenvalue weighted by atomic mass is 10.2. The molecule has 140 valence electrons. The predicted octanol–water partition coefficient (Wildman–Crippen LogP) is 3.91. The second kappa shape index (κ2) is 12.3. The zero-order valence-electron chi connectivity index (χ0n) is 15.3. The molecule has 0 radical (unpaired) electrons. The summed E-state index contributed by atoms with van der Waals surface area (Å²) in [6, 6.07) is 18.0. The number of nitrogens with zero attached hydrogens (tertiary/aromatic N) is 1. The largest absolute Gasteiger partial charge is 0.352 e.